The van der Waals surface area contributed by atoms with Crippen molar-refractivity contribution in [1.82, 2.24) is 20.9 Å². The number of unbranched alkanes of at least 4 members (excludes halogenated alkanes) is 1. The second kappa shape index (κ2) is 4.48. The molecule has 2 rings (SSSR count). The molecule has 8 nitrogen and oxygen atoms in total. The average molecular weight is 241 g/mol. The monoisotopic (exact) mass is 241 g/mol. The van der Waals surface area contributed by atoms with Crippen LogP contribution in [0.2, 0.25) is 0 Å². The quantitative estimate of drug-likeness (QED) is 0.478. The molecule has 3 N–H and O–H groups in total. The topological polar surface area (TPSA) is 114 Å². The van der Waals surface area contributed by atoms with Crippen molar-refractivity contribution in [3.8, 4) is 0 Å². The van der Waals surface area contributed by atoms with E-state index in [4.69, 9.17) is 0 Å². The minimum atomic E-state index is -1.09. The predicted molar refractivity (Wildman–Crippen MR) is 53.3 cm³/mol. The lowest BCUT2D eigenvalue weighted by atomic mass is 10.2. The number of nitrogens with zero attached hydrogens (tertiary/aromatic N) is 1. The summed E-state index contributed by atoms with van der Waals surface area (Å²) in [6.45, 7) is 0.405. The summed E-state index contributed by atoms with van der Waals surface area (Å²) < 4.78 is 0. The fourth-order valence-electron chi connectivity index (χ4n) is 1.99. The van der Waals surface area contributed by atoms with Crippen molar-refractivity contribution >= 4 is 18.0 Å². The first-order chi connectivity index (χ1) is 8.08. The number of hydrogen-bond acceptors (Lipinski definition) is 4. The Bertz CT molecular complexity index is 359. The first kappa shape index (κ1) is 11.5. The summed E-state index contributed by atoms with van der Waals surface area (Å²) in [5.41, 5.74) is 0. The van der Waals surface area contributed by atoms with Gasteiger partial charge in [0, 0.05) is 12.5 Å². The predicted octanol–water partition coefficient (Wildman–Crippen LogP) is -2.10. The molecular formula is C9H13N4O4-. The van der Waals surface area contributed by atoms with Gasteiger partial charge in [-0.3, -0.25) is 0 Å². The molecule has 2 fully saturated rings. The van der Waals surface area contributed by atoms with Crippen LogP contribution >= 0.6 is 0 Å². The number of carboxylic acid groups (broad SMARTS) is 1. The van der Waals surface area contributed by atoms with Gasteiger partial charge in [0.25, 0.3) is 0 Å². The van der Waals surface area contributed by atoms with E-state index in [1.807, 2.05) is 0 Å². The molecule has 2 heterocycles. The third-order valence-electron chi connectivity index (χ3n) is 2.79. The summed E-state index contributed by atoms with van der Waals surface area (Å²) in [5.74, 6) is -1.09. The van der Waals surface area contributed by atoms with E-state index < -0.39 is 18.3 Å². The molecule has 0 spiro atoms. The minimum Gasteiger partial charge on any atom is -0.550 e. The largest absolute Gasteiger partial charge is 0.550 e. The molecule has 2 aliphatic heterocycles. The molecule has 0 bridgehead atoms. The van der Waals surface area contributed by atoms with Crippen molar-refractivity contribution < 1.29 is 19.5 Å². The summed E-state index contributed by atoms with van der Waals surface area (Å²) in [4.78, 5) is 34.3. The lowest BCUT2D eigenvalue weighted by Crippen LogP contribution is -2.43. The molecule has 0 saturated carbocycles. The molecule has 2 saturated heterocycles. The normalized spacial score (nSPS) is 26.2. The van der Waals surface area contributed by atoms with Crippen molar-refractivity contribution in [3.63, 3.8) is 0 Å². The van der Waals surface area contributed by atoms with E-state index in [-0.39, 0.29) is 18.5 Å². The van der Waals surface area contributed by atoms with Gasteiger partial charge in [-0.15, -0.1) is 0 Å². The Labute approximate surface area is 97.3 Å². The smallest absolute Gasteiger partial charge is 0.320 e. The summed E-state index contributed by atoms with van der Waals surface area (Å²) in [7, 11) is 0. The van der Waals surface area contributed by atoms with Gasteiger partial charge in [-0.25, -0.2) is 9.59 Å². The Kier molecular flexibility index (Phi) is 3.03. The van der Waals surface area contributed by atoms with Crippen LogP contribution in [-0.4, -0.2) is 41.8 Å². The van der Waals surface area contributed by atoms with Crippen molar-refractivity contribution in [2.45, 2.75) is 31.6 Å². The average Bonchev–Trinajstić information content (AvgIpc) is 2.69. The number of nitrogens with one attached hydrogen (secondary N) is 3. The van der Waals surface area contributed by atoms with Crippen molar-refractivity contribution in [2.24, 2.45) is 0 Å². The van der Waals surface area contributed by atoms with Gasteiger partial charge in [0.05, 0.1) is 0 Å². The maximum Gasteiger partial charge on any atom is 0.320 e. The number of carboxylic acids is 1. The summed E-state index contributed by atoms with van der Waals surface area (Å²) in [5, 5.41) is 18.0. The molecule has 2 atom stereocenters. The van der Waals surface area contributed by atoms with Crippen molar-refractivity contribution in [3.05, 3.63) is 0 Å². The highest BCUT2D eigenvalue weighted by molar-refractivity contribution is 5.84. The molecule has 94 valence electrons. The van der Waals surface area contributed by atoms with Crippen molar-refractivity contribution in [2.75, 3.05) is 6.54 Å². The van der Waals surface area contributed by atoms with E-state index in [1.54, 1.807) is 0 Å². The number of urea groups is 2. The van der Waals surface area contributed by atoms with Crippen LogP contribution < -0.4 is 21.1 Å². The van der Waals surface area contributed by atoms with E-state index in [9.17, 15) is 19.5 Å². The molecule has 8 heteroatoms. The third kappa shape index (κ3) is 2.40. The molecule has 2 aliphatic rings. The van der Waals surface area contributed by atoms with Gasteiger partial charge in [0.15, 0.2) is 0 Å². The number of amides is 4. The van der Waals surface area contributed by atoms with Crippen LogP contribution in [0.4, 0.5) is 9.59 Å². The van der Waals surface area contributed by atoms with Gasteiger partial charge < -0.3 is 30.8 Å². The highest BCUT2D eigenvalue weighted by Gasteiger charge is 2.44. The summed E-state index contributed by atoms with van der Waals surface area (Å²) in [6, 6.07) is -0.583. The second-order valence-corrected chi connectivity index (χ2v) is 4.01. The minimum absolute atomic E-state index is 0.0197. The second-order valence-electron chi connectivity index (χ2n) is 4.01. The van der Waals surface area contributed by atoms with Crippen LogP contribution in [0.3, 0.4) is 0 Å². The fraction of sp³-hybridized carbons (Fsp3) is 0.667. The fourth-order valence-corrected chi connectivity index (χ4v) is 1.99. The Morgan fingerprint density at radius 1 is 1.24 bits per heavy atom. The van der Waals surface area contributed by atoms with E-state index in [0.717, 1.165) is 0 Å². The van der Waals surface area contributed by atoms with Gasteiger partial charge in [-0.05, 0) is 19.3 Å². The van der Waals surface area contributed by atoms with Crippen LogP contribution in [0, 0.1) is 0 Å². The molecule has 0 aromatic heterocycles. The first-order valence-electron chi connectivity index (χ1n) is 5.42. The SMILES string of the molecule is O=C([O-])CCCCN1C(=O)N[C@@H]2NC(=O)N[C@H]21. The van der Waals surface area contributed by atoms with Crippen LogP contribution in [0.5, 0.6) is 0 Å². The summed E-state index contributed by atoms with van der Waals surface area (Å²) >= 11 is 0. The highest BCUT2D eigenvalue weighted by atomic mass is 16.4. The number of hydrogen-bond donors (Lipinski definition) is 3. The number of carbonyl (C=O) groups is 3. The van der Waals surface area contributed by atoms with E-state index in [2.05, 4.69) is 16.0 Å². The van der Waals surface area contributed by atoms with Gasteiger partial charge in [0.1, 0.15) is 12.3 Å². The molecule has 0 unspecified atom stereocenters. The molecule has 0 aromatic rings. The third-order valence-corrected chi connectivity index (χ3v) is 2.79. The van der Waals surface area contributed by atoms with Gasteiger partial charge in [-0.2, -0.15) is 0 Å². The molecule has 0 aromatic carbocycles. The molecule has 4 amide bonds. The number of carbonyl (C=O) groups excluding carboxylic acids is 3. The lowest BCUT2D eigenvalue weighted by Gasteiger charge is -2.20. The van der Waals surface area contributed by atoms with E-state index in [0.29, 0.717) is 19.4 Å². The summed E-state index contributed by atoms with van der Waals surface area (Å²) in [6.07, 6.45) is 0.189. The molecule has 17 heavy (non-hydrogen) atoms. The number of rotatable bonds is 5. The zero-order chi connectivity index (χ0) is 12.4. The van der Waals surface area contributed by atoms with E-state index in [1.165, 1.54) is 4.90 Å². The van der Waals surface area contributed by atoms with Crippen LogP contribution in [-0.2, 0) is 4.79 Å². The molecule has 0 aliphatic carbocycles. The molecule has 0 radical (unpaired) electrons. The number of fused-ring (bicyclic) bond motifs is 1. The Morgan fingerprint density at radius 3 is 2.71 bits per heavy atom. The maximum absolute atomic E-state index is 11.5. The zero-order valence-electron chi connectivity index (χ0n) is 9.06. The van der Waals surface area contributed by atoms with E-state index >= 15 is 0 Å². The first-order valence-corrected chi connectivity index (χ1v) is 5.42. The maximum atomic E-state index is 11.5. The Hall–Kier alpha value is -1.99. The van der Waals surface area contributed by atoms with Crippen molar-refractivity contribution in [1.29, 1.82) is 0 Å². The standard InChI is InChI=1S/C9H14N4O4/c14-5(15)3-1-2-4-13-7-6(11-9(13)17)10-8(16)12-7/h6-7H,1-4H2,(H,11,17)(H,14,15)(H2,10,12,16)/p-1/t6-,7-/m0/s1. The Balaban J connectivity index is 1.81. The van der Waals surface area contributed by atoms with Gasteiger partial charge in [0.2, 0.25) is 0 Å². The van der Waals surface area contributed by atoms with Crippen LogP contribution in [0.1, 0.15) is 19.3 Å². The zero-order valence-corrected chi connectivity index (χ0v) is 9.06. The highest BCUT2D eigenvalue weighted by Crippen LogP contribution is 2.14. The van der Waals surface area contributed by atoms with Crippen LogP contribution in [0.15, 0.2) is 0 Å². The van der Waals surface area contributed by atoms with Gasteiger partial charge in [-0.1, -0.05) is 0 Å². The Morgan fingerprint density at radius 2 is 2.00 bits per heavy atom. The molecular weight excluding hydrogens is 228 g/mol. The number of aliphatic carboxylic acids is 1. The lowest BCUT2D eigenvalue weighted by molar-refractivity contribution is -0.305. The van der Waals surface area contributed by atoms with Crippen LogP contribution in [0.25, 0.3) is 0 Å². The van der Waals surface area contributed by atoms with Gasteiger partial charge >= 0.3 is 12.1 Å².